The fourth-order valence-electron chi connectivity index (χ4n) is 3.19. The highest BCUT2D eigenvalue weighted by molar-refractivity contribution is 9.10. The average Bonchev–Trinajstić information content (AvgIpc) is 2.70. The Balaban J connectivity index is 1.86. The van der Waals surface area contributed by atoms with E-state index < -0.39 is 0 Å². The quantitative estimate of drug-likeness (QED) is 0.296. The predicted molar refractivity (Wildman–Crippen MR) is 129 cm³/mol. The van der Waals surface area contributed by atoms with Gasteiger partial charge in [0.05, 0.1) is 26.8 Å². The Morgan fingerprint density at radius 3 is 2.37 bits per heavy atom. The molecule has 7 heteroatoms. The Morgan fingerprint density at radius 2 is 1.67 bits per heavy atom. The summed E-state index contributed by atoms with van der Waals surface area (Å²) in [5.74, 6) is -0.270. The van der Waals surface area contributed by atoms with E-state index in [0.717, 1.165) is 26.5 Å². The third-order valence-corrected chi connectivity index (χ3v) is 6.08. The molecule has 3 aromatic carbocycles. The van der Waals surface area contributed by atoms with Gasteiger partial charge < -0.3 is 5.32 Å². The molecule has 30 heavy (non-hydrogen) atoms. The van der Waals surface area contributed by atoms with Crippen LogP contribution < -0.4 is 5.32 Å². The Bertz CT molecular complexity index is 1290. The number of carbonyl (C=O) groups excluding carboxylic acids is 1. The Kier molecular flexibility index (Phi) is 6.03. The number of benzene rings is 3. The SMILES string of the molecule is Cc1cc(Br)cc2c(C(=O)Nc3ccc(Cl)c(Cl)c3)cc(-c3ccc(Cl)cc3)nc12. The second-order valence-corrected chi connectivity index (χ2v) is 8.93. The number of fused-ring (bicyclic) bond motifs is 1. The highest BCUT2D eigenvalue weighted by Gasteiger charge is 2.17. The van der Waals surface area contributed by atoms with E-state index in [9.17, 15) is 4.79 Å². The van der Waals surface area contributed by atoms with Gasteiger partial charge in [-0.25, -0.2) is 4.98 Å². The van der Waals surface area contributed by atoms with E-state index in [4.69, 9.17) is 39.8 Å². The number of aromatic nitrogens is 1. The van der Waals surface area contributed by atoms with Gasteiger partial charge >= 0.3 is 0 Å². The number of aryl methyl sites for hydroxylation is 1. The number of hydrogen-bond donors (Lipinski definition) is 1. The van der Waals surface area contributed by atoms with Crippen LogP contribution in [0.25, 0.3) is 22.2 Å². The van der Waals surface area contributed by atoms with Gasteiger partial charge in [-0.05, 0) is 61.0 Å². The van der Waals surface area contributed by atoms with Crippen LogP contribution in [0, 0.1) is 6.92 Å². The van der Waals surface area contributed by atoms with Crippen molar-refractivity contribution in [3.05, 3.63) is 91.3 Å². The molecule has 0 atom stereocenters. The molecule has 0 fully saturated rings. The molecule has 150 valence electrons. The minimum atomic E-state index is -0.270. The van der Waals surface area contributed by atoms with E-state index in [1.54, 1.807) is 36.4 Å². The Labute approximate surface area is 197 Å². The lowest BCUT2D eigenvalue weighted by atomic mass is 10.0. The standard InChI is InChI=1S/C23H14BrCl3N2O/c1-12-8-14(24)9-17-18(23(30)28-16-6-7-19(26)20(27)10-16)11-21(29-22(12)17)13-2-4-15(25)5-3-13/h2-11H,1H3,(H,28,30). The molecule has 1 aromatic heterocycles. The first-order valence-electron chi connectivity index (χ1n) is 8.95. The Hall–Kier alpha value is -2.11. The number of halogens is 4. The van der Waals surface area contributed by atoms with E-state index in [0.29, 0.717) is 32.0 Å². The fourth-order valence-corrected chi connectivity index (χ4v) is 4.18. The van der Waals surface area contributed by atoms with E-state index in [1.165, 1.54) is 0 Å². The van der Waals surface area contributed by atoms with Gasteiger partial charge in [-0.1, -0.05) is 62.9 Å². The summed E-state index contributed by atoms with van der Waals surface area (Å²) in [6, 6.07) is 18.0. The number of anilines is 1. The lowest BCUT2D eigenvalue weighted by Crippen LogP contribution is -2.13. The molecule has 3 nitrogen and oxygen atoms in total. The van der Waals surface area contributed by atoms with E-state index in [-0.39, 0.29) is 5.91 Å². The zero-order valence-electron chi connectivity index (χ0n) is 15.6. The number of nitrogens with zero attached hydrogens (tertiary/aromatic N) is 1. The van der Waals surface area contributed by atoms with Crippen molar-refractivity contribution >= 4 is 73.2 Å². The van der Waals surface area contributed by atoms with Gasteiger partial charge in [0.15, 0.2) is 0 Å². The van der Waals surface area contributed by atoms with E-state index in [2.05, 4.69) is 21.2 Å². The highest BCUT2D eigenvalue weighted by atomic mass is 79.9. The number of nitrogens with one attached hydrogen (secondary N) is 1. The van der Waals surface area contributed by atoms with Gasteiger partial charge in [-0.2, -0.15) is 0 Å². The summed E-state index contributed by atoms with van der Waals surface area (Å²) in [4.78, 5) is 18.0. The molecular weight excluding hydrogens is 507 g/mol. The molecule has 0 aliphatic carbocycles. The number of amides is 1. The lowest BCUT2D eigenvalue weighted by Gasteiger charge is -2.13. The van der Waals surface area contributed by atoms with Crippen molar-refractivity contribution in [2.24, 2.45) is 0 Å². The van der Waals surface area contributed by atoms with Crippen molar-refractivity contribution in [3.8, 4) is 11.3 Å². The van der Waals surface area contributed by atoms with E-state index >= 15 is 0 Å². The van der Waals surface area contributed by atoms with Crippen molar-refractivity contribution in [3.63, 3.8) is 0 Å². The summed E-state index contributed by atoms with van der Waals surface area (Å²) in [7, 11) is 0. The molecule has 0 spiro atoms. The lowest BCUT2D eigenvalue weighted by molar-refractivity contribution is 0.102. The van der Waals surface area contributed by atoms with Crippen LogP contribution in [0.2, 0.25) is 15.1 Å². The smallest absolute Gasteiger partial charge is 0.256 e. The number of rotatable bonds is 3. The third-order valence-electron chi connectivity index (χ3n) is 4.63. The van der Waals surface area contributed by atoms with Crippen LogP contribution in [-0.2, 0) is 0 Å². The molecular formula is C23H14BrCl3N2O. The monoisotopic (exact) mass is 518 g/mol. The third kappa shape index (κ3) is 4.33. The van der Waals surface area contributed by atoms with Gasteiger partial charge in [0, 0.05) is 26.1 Å². The molecule has 0 saturated heterocycles. The van der Waals surface area contributed by atoms with Gasteiger partial charge in [0.2, 0.25) is 0 Å². The summed E-state index contributed by atoms with van der Waals surface area (Å²) in [5, 5.41) is 5.08. The minimum absolute atomic E-state index is 0.270. The highest BCUT2D eigenvalue weighted by Crippen LogP contribution is 2.31. The zero-order chi connectivity index (χ0) is 21.4. The fraction of sp³-hybridized carbons (Fsp3) is 0.0435. The minimum Gasteiger partial charge on any atom is -0.322 e. The van der Waals surface area contributed by atoms with Crippen molar-refractivity contribution in [2.75, 3.05) is 5.32 Å². The van der Waals surface area contributed by atoms with Gasteiger partial charge in [0.25, 0.3) is 5.91 Å². The van der Waals surface area contributed by atoms with Crippen LogP contribution >= 0.6 is 50.7 Å². The maximum Gasteiger partial charge on any atom is 0.256 e. The van der Waals surface area contributed by atoms with Crippen molar-refractivity contribution in [1.29, 1.82) is 0 Å². The molecule has 0 bridgehead atoms. The van der Waals surface area contributed by atoms with Crippen molar-refractivity contribution < 1.29 is 4.79 Å². The first-order valence-corrected chi connectivity index (χ1v) is 10.9. The summed E-state index contributed by atoms with van der Waals surface area (Å²) >= 11 is 21.6. The molecule has 0 radical (unpaired) electrons. The van der Waals surface area contributed by atoms with Crippen LogP contribution in [0.4, 0.5) is 5.69 Å². The molecule has 0 aliphatic rings. The van der Waals surface area contributed by atoms with Gasteiger partial charge in [-0.15, -0.1) is 0 Å². The number of carbonyl (C=O) groups is 1. The summed E-state index contributed by atoms with van der Waals surface area (Å²) in [5.41, 5.74) is 4.32. The number of pyridine rings is 1. The molecule has 1 heterocycles. The van der Waals surface area contributed by atoms with Crippen LogP contribution in [0.5, 0.6) is 0 Å². The Morgan fingerprint density at radius 1 is 0.933 bits per heavy atom. The largest absolute Gasteiger partial charge is 0.322 e. The second-order valence-electron chi connectivity index (χ2n) is 6.76. The van der Waals surface area contributed by atoms with Crippen LogP contribution in [0.15, 0.2) is 65.1 Å². The predicted octanol–water partition coefficient (Wildman–Crippen LogP) is 8.19. The van der Waals surface area contributed by atoms with Crippen LogP contribution in [0.3, 0.4) is 0 Å². The maximum absolute atomic E-state index is 13.2. The molecule has 0 aliphatic heterocycles. The summed E-state index contributed by atoms with van der Waals surface area (Å²) in [6.07, 6.45) is 0. The van der Waals surface area contributed by atoms with Gasteiger partial charge in [-0.3, -0.25) is 4.79 Å². The molecule has 1 amide bonds. The molecule has 4 rings (SSSR count). The summed E-state index contributed by atoms with van der Waals surface area (Å²) in [6.45, 7) is 1.96. The van der Waals surface area contributed by atoms with Crippen molar-refractivity contribution in [2.45, 2.75) is 6.92 Å². The number of hydrogen-bond acceptors (Lipinski definition) is 2. The van der Waals surface area contributed by atoms with E-state index in [1.807, 2.05) is 31.2 Å². The molecule has 0 unspecified atom stereocenters. The first-order chi connectivity index (χ1) is 14.3. The average molecular weight is 521 g/mol. The topological polar surface area (TPSA) is 42.0 Å². The first kappa shape index (κ1) is 21.1. The molecule has 4 aromatic rings. The molecule has 0 saturated carbocycles. The summed E-state index contributed by atoms with van der Waals surface area (Å²) < 4.78 is 0.872. The molecule has 1 N–H and O–H groups in total. The normalized spacial score (nSPS) is 11.0. The maximum atomic E-state index is 13.2. The van der Waals surface area contributed by atoms with Crippen LogP contribution in [0.1, 0.15) is 15.9 Å². The van der Waals surface area contributed by atoms with Crippen molar-refractivity contribution in [1.82, 2.24) is 4.98 Å². The van der Waals surface area contributed by atoms with Gasteiger partial charge in [0.1, 0.15) is 0 Å². The zero-order valence-corrected chi connectivity index (χ0v) is 19.5. The van der Waals surface area contributed by atoms with Crippen LogP contribution in [-0.4, -0.2) is 10.9 Å². The second kappa shape index (κ2) is 8.56.